The fourth-order valence-corrected chi connectivity index (χ4v) is 3.44. The second kappa shape index (κ2) is 7.14. The van der Waals surface area contributed by atoms with Gasteiger partial charge in [0.1, 0.15) is 11.6 Å². The van der Waals surface area contributed by atoms with Gasteiger partial charge in [-0.25, -0.2) is 4.39 Å². The van der Waals surface area contributed by atoms with E-state index >= 15 is 0 Å². The van der Waals surface area contributed by atoms with E-state index < -0.39 is 5.82 Å². The third-order valence-corrected chi connectivity index (χ3v) is 4.93. The zero-order valence-electron chi connectivity index (χ0n) is 13.6. The molecule has 1 fully saturated rings. The zero-order chi connectivity index (χ0) is 16.2. The van der Waals surface area contributed by atoms with Crippen LogP contribution in [0.15, 0.2) is 42.5 Å². The van der Waals surface area contributed by atoms with Crippen LogP contribution in [0.1, 0.15) is 24.8 Å². The van der Waals surface area contributed by atoms with Crippen molar-refractivity contribution in [3.05, 3.63) is 53.8 Å². The maximum Gasteiger partial charge on any atom is 0.126 e. The summed E-state index contributed by atoms with van der Waals surface area (Å²) in [6.45, 7) is 2.37. The standard InChI is InChI=1S/C20H24FNO/c1-22-12-10-15(11-13-22)6-7-16-4-2-3-5-18(16)19-9-8-17(21)14-20(19)23/h2-5,8-9,14-15,23H,6-7,10-13H2,1H3. The summed E-state index contributed by atoms with van der Waals surface area (Å²) < 4.78 is 13.2. The van der Waals surface area contributed by atoms with E-state index in [0.717, 1.165) is 17.9 Å². The topological polar surface area (TPSA) is 23.5 Å². The van der Waals surface area contributed by atoms with Crippen LogP contribution in [0.2, 0.25) is 0 Å². The third kappa shape index (κ3) is 3.91. The van der Waals surface area contributed by atoms with Crippen molar-refractivity contribution in [3.8, 4) is 16.9 Å². The van der Waals surface area contributed by atoms with Gasteiger partial charge in [0, 0.05) is 11.6 Å². The van der Waals surface area contributed by atoms with Crippen LogP contribution >= 0.6 is 0 Å². The molecule has 0 amide bonds. The predicted octanol–water partition coefficient (Wildman–Crippen LogP) is 4.47. The molecule has 0 unspecified atom stereocenters. The van der Waals surface area contributed by atoms with Gasteiger partial charge in [0.05, 0.1) is 0 Å². The predicted molar refractivity (Wildman–Crippen MR) is 92.0 cm³/mol. The highest BCUT2D eigenvalue weighted by Gasteiger charge is 2.17. The Hall–Kier alpha value is -1.87. The first-order valence-corrected chi connectivity index (χ1v) is 8.39. The fourth-order valence-electron chi connectivity index (χ4n) is 3.44. The number of likely N-dealkylation sites (tertiary alicyclic amines) is 1. The van der Waals surface area contributed by atoms with Crippen LogP contribution in [0.3, 0.4) is 0 Å². The Morgan fingerprint density at radius 2 is 1.83 bits per heavy atom. The van der Waals surface area contributed by atoms with Gasteiger partial charge in [0.15, 0.2) is 0 Å². The largest absolute Gasteiger partial charge is 0.507 e. The number of phenols is 1. The number of halogens is 1. The molecule has 0 saturated carbocycles. The zero-order valence-corrected chi connectivity index (χ0v) is 13.6. The second-order valence-corrected chi connectivity index (χ2v) is 6.60. The summed E-state index contributed by atoms with van der Waals surface area (Å²) in [7, 11) is 2.18. The van der Waals surface area contributed by atoms with Gasteiger partial charge in [0.25, 0.3) is 0 Å². The Morgan fingerprint density at radius 1 is 1.09 bits per heavy atom. The third-order valence-electron chi connectivity index (χ3n) is 4.93. The van der Waals surface area contributed by atoms with Crippen LogP contribution in [0.5, 0.6) is 5.75 Å². The summed E-state index contributed by atoms with van der Waals surface area (Å²) in [4.78, 5) is 2.39. The van der Waals surface area contributed by atoms with Crippen molar-refractivity contribution >= 4 is 0 Å². The molecule has 0 atom stereocenters. The van der Waals surface area contributed by atoms with Crippen LogP contribution < -0.4 is 0 Å². The minimum Gasteiger partial charge on any atom is -0.507 e. The molecule has 0 radical (unpaired) electrons. The van der Waals surface area contributed by atoms with Crippen LogP contribution in [-0.2, 0) is 6.42 Å². The molecule has 0 aromatic heterocycles. The molecule has 1 aliphatic heterocycles. The van der Waals surface area contributed by atoms with E-state index in [0.29, 0.717) is 5.56 Å². The second-order valence-electron chi connectivity index (χ2n) is 6.60. The first-order chi connectivity index (χ1) is 11.1. The van der Waals surface area contributed by atoms with Crippen molar-refractivity contribution in [2.75, 3.05) is 20.1 Å². The number of aryl methyl sites for hydroxylation is 1. The molecule has 2 aromatic carbocycles. The molecule has 0 bridgehead atoms. The summed E-state index contributed by atoms with van der Waals surface area (Å²) >= 11 is 0. The lowest BCUT2D eigenvalue weighted by atomic mass is 9.88. The molecule has 1 aliphatic rings. The van der Waals surface area contributed by atoms with Crippen LogP contribution in [0, 0.1) is 11.7 Å². The number of benzene rings is 2. The number of aromatic hydroxyl groups is 1. The molecule has 1 heterocycles. The van der Waals surface area contributed by atoms with E-state index in [2.05, 4.69) is 18.0 Å². The molecular formula is C20H24FNO. The number of hydrogen-bond acceptors (Lipinski definition) is 2. The molecule has 0 spiro atoms. The van der Waals surface area contributed by atoms with Crippen molar-refractivity contribution in [1.29, 1.82) is 0 Å². The number of phenolic OH excluding ortho intramolecular Hbond substituents is 1. The van der Waals surface area contributed by atoms with E-state index in [1.54, 1.807) is 6.07 Å². The quantitative estimate of drug-likeness (QED) is 0.900. The van der Waals surface area contributed by atoms with E-state index in [-0.39, 0.29) is 5.75 Å². The Balaban J connectivity index is 1.75. The van der Waals surface area contributed by atoms with Crippen molar-refractivity contribution in [1.82, 2.24) is 4.90 Å². The molecule has 2 nitrogen and oxygen atoms in total. The van der Waals surface area contributed by atoms with E-state index in [1.807, 2.05) is 18.2 Å². The Morgan fingerprint density at radius 3 is 2.57 bits per heavy atom. The maximum absolute atomic E-state index is 13.2. The molecule has 0 aliphatic carbocycles. The van der Waals surface area contributed by atoms with E-state index in [4.69, 9.17) is 0 Å². The monoisotopic (exact) mass is 313 g/mol. The highest BCUT2D eigenvalue weighted by Crippen LogP contribution is 2.33. The molecule has 3 heteroatoms. The Bertz CT molecular complexity index is 662. The van der Waals surface area contributed by atoms with Crippen LogP contribution in [0.4, 0.5) is 4.39 Å². The number of hydrogen-bond donors (Lipinski definition) is 1. The Labute approximate surface area is 137 Å². The highest BCUT2D eigenvalue weighted by atomic mass is 19.1. The smallest absolute Gasteiger partial charge is 0.126 e. The highest BCUT2D eigenvalue weighted by molar-refractivity contribution is 5.73. The van der Waals surface area contributed by atoms with Gasteiger partial charge in [-0.05, 0) is 75.0 Å². The van der Waals surface area contributed by atoms with Gasteiger partial charge in [0.2, 0.25) is 0 Å². The summed E-state index contributed by atoms with van der Waals surface area (Å²) in [6.07, 6.45) is 4.70. The minimum absolute atomic E-state index is 0.0109. The lowest BCUT2D eigenvalue weighted by Gasteiger charge is -2.29. The van der Waals surface area contributed by atoms with Gasteiger partial charge < -0.3 is 10.0 Å². The first kappa shape index (κ1) is 16.0. The lowest BCUT2D eigenvalue weighted by molar-refractivity contribution is 0.212. The van der Waals surface area contributed by atoms with Crippen molar-refractivity contribution in [2.24, 2.45) is 5.92 Å². The normalized spacial score (nSPS) is 16.6. The molecule has 1 saturated heterocycles. The SMILES string of the molecule is CN1CCC(CCc2ccccc2-c2ccc(F)cc2O)CC1. The molecule has 2 aromatic rings. The van der Waals surface area contributed by atoms with Crippen LogP contribution in [-0.4, -0.2) is 30.1 Å². The van der Waals surface area contributed by atoms with Gasteiger partial charge in [-0.1, -0.05) is 24.3 Å². The van der Waals surface area contributed by atoms with Crippen molar-refractivity contribution in [3.63, 3.8) is 0 Å². The molecule has 23 heavy (non-hydrogen) atoms. The molecule has 1 N–H and O–H groups in total. The fraction of sp³-hybridized carbons (Fsp3) is 0.400. The number of piperidine rings is 1. The lowest BCUT2D eigenvalue weighted by Crippen LogP contribution is -2.30. The maximum atomic E-state index is 13.2. The Kier molecular flexibility index (Phi) is 4.97. The van der Waals surface area contributed by atoms with Gasteiger partial charge >= 0.3 is 0 Å². The average Bonchev–Trinajstić information content (AvgIpc) is 2.55. The molecule has 122 valence electrons. The van der Waals surface area contributed by atoms with Gasteiger partial charge in [-0.2, -0.15) is 0 Å². The van der Waals surface area contributed by atoms with E-state index in [9.17, 15) is 9.50 Å². The van der Waals surface area contributed by atoms with Crippen LogP contribution in [0.25, 0.3) is 11.1 Å². The molecular weight excluding hydrogens is 289 g/mol. The average molecular weight is 313 g/mol. The molecule has 3 rings (SSSR count). The summed E-state index contributed by atoms with van der Waals surface area (Å²) in [6, 6.07) is 12.4. The van der Waals surface area contributed by atoms with Crippen molar-refractivity contribution in [2.45, 2.75) is 25.7 Å². The van der Waals surface area contributed by atoms with Crippen molar-refractivity contribution < 1.29 is 9.50 Å². The number of nitrogens with zero attached hydrogens (tertiary/aromatic N) is 1. The number of rotatable bonds is 4. The van der Waals surface area contributed by atoms with E-state index in [1.165, 1.54) is 50.0 Å². The first-order valence-electron chi connectivity index (χ1n) is 8.39. The van der Waals surface area contributed by atoms with Gasteiger partial charge in [-0.3, -0.25) is 0 Å². The summed E-state index contributed by atoms with van der Waals surface area (Å²) in [5.74, 6) is 0.382. The summed E-state index contributed by atoms with van der Waals surface area (Å²) in [5, 5.41) is 10.1. The summed E-state index contributed by atoms with van der Waals surface area (Å²) in [5.41, 5.74) is 2.96. The van der Waals surface area contributed by atoms with Gasteiger partial charge in [-0.15, -0.1) is 0 Å². The minimum atomic E-state index is -0.407.